The van der Waals surface area contributed by atoms with Gasteiger partial charge in [0.2, 0.25) is 11.8 Å². The van der Waals surface area contributed by atoms with Gasteiger partial charge in [0, 0.05) is 24.3 Å². The quantitative estimate of drug-likeness (QED) is 0.882. The second-order valence-electron chi connectivity index (χ2n) is 5.12. The Morgan fingerprint density at radius 2 is 2.26 bits per heavy atom. The summed E-state index contributed by atoms with van der Waals surface area (Å²) in [7, 11) is 2.19. The lowest BCUT2D eigenvalue weighted by molar-refractivity contribution is 0.194. The van der Waals surface area contributed by atoms with E-state index in [1.165, 1.54) is 25.8 Å². The number of hydrogen-bond donors (Lipinski definition) is 1. The van der Waals surface area contributed by atoms with Gasteiger partial charge in [0.25, 0.3) is 0 Å². The van der Waals surface area contributed by atoms with E-state index in [0.29, 0.717) is 24.5 Å². The van der Waals surface area contributed by atoms with Gasteiger partial charge >= 0.3 is 0 Å². The van der Waals surface area contributed by atoms with Crippen LogP contribution >= 0.6 is 0 Å². The molecule has 0 radical (unpaired) electrons. The maximum atomic E-state index is 5.44. The predicted octanol–water partition coefficient (Wildman–Crippen LogP) is 2.08. The molecule has 1 fully saturated rings. The van der Waals surface area contributed by atoms with Gasteiger partial charge in [-0.1, -0.05) is 6.42 Å². The largest absolute Gasteiger partial charge is 0.478 e. The van der Waals surface area contributed by atoms with Crippen LogP contribution < -0.4 is 10.1 Å². The van der Waals surface area contributed by atoms with Gasteiger partial charge in [-0.25, -0.2) is 4.98 Å². The molecule has 0 bridgehead atoms. The van der Waals surface area contributed by atoms with Crippen LogP contribution in [0.1, 0.15) is 31.9 Å². The van der Waals surface area contributed by atoms with E-state index in [1.54, 1.807) is 0 Å². The minimum Gasteiger partial charge on any atom is -0.478 e. The standard InChI is InChI=1S/C14H24N4O/c1-4-19-13-9-11(2)16-14(17-13)15-10-12-7-5-6-8-18(12)3/h9,12H,4-8,10H2,1-3H3,(H,15,16,17). The number of nitrogens with zero attached hydrogens (tertiary/aromatic N) is 3. The zero-order valence-corrected chi connectivity index (χ0v) is 12.1. The summed E-state index contributed by atoms with van der Waals surface area (Å²) in [5.74, 6) is 1.32. The van der Waals surface area contributed by atoms with Gasteiger partial charge in [0.15, 0.2) is 0 Å². The van der Waals surface area contributed by atoms with Crippen LogP contribution in [0.15, 0.2) is 6.07 Å². The molecule has 106 valence electrons. The normalized spacial score (nSPS) is 20.3. The minimum atomic E-state index is 0.577. The Morgan fingerprint density at radius 3 is 3.00 bits per heavy atom. The lowest BCUT2D eigenvalue weighted by Gasteiger charge is -2.32. The van der Waals surface area contributed by atoms with Crippen molar-refractivity contribution < 1.29 is 4.74 Å². The van der Waals surface area contributed by atoms with Crippen molar-refractivity contribution in [3.05, 3.63) is 11.8 Å². The molecular formula is C14H24N4O. The Hall–Kier alpha value is -1.36. The van der Waals surface area contributed by atoms with E-state index in [0.717, 1.165) is 12.2 Å². The third-order valence-electron chi connectivity index (χ3n) is 3.54. The van der Waals surface area contributed by atoms with Crippen LogP contribution in [0.5, 0.6) is 5.88 Å². The maximum absolute atomic E-state index is 5.44. The third-order valence-corrected chi connectivity index (χ3v) is 3.54. The van der Waals surface area contributed by atoms with Crippen molar-refractivity contribution in [1.29, 1.82) is 0 Å². The van der Waals surface area contributed by atoms with E-state index < -0.39 is 0 Å². The second kappa shape index (κ2) is 6.70. The number of rotatable bonds is 5. The fourth-order valence-electron chi connectivity index (χ4n) is 2.45. The number of ether oxygens (including phenoxy) is 1. The van der Waals surface area contributed by atoms with Gasteiger partial charge in [-0.15, -0.1) is 0 Å². The first kappa shape index (κ1) is 14.1. The molecule has 19 heavy (non-hydrogen) atoms. The molecule has 1 aromatic heterocycles. The number of aromatic nitrogens is 2. The highest BCUT2D eigenvalue weighted by molar-refractivity contribution is 5.30. The van der Waals surface area contributed by atoms with Crippen molar-refractivity contribution in [2.75, 3.05) is 32.1 Å². The number of nitrogens with one attached hydrogen (secondary N) is 1. The summed E-state index contributed by atoms with van der Waals surface area (Å²) in [6.45, 7) is 6.63. The number of piperidine rings is 1. The summed E-state index contributed by atoms with van der Waals surface area (Å²) in [5, 5.41) is 3.34. The highest BCUT2D eigenvalue weighted by Crippen LogP contribution is 2.16. The summed E-state index contributed by atoms with van der Waals surface area (Å²) in [5.41, 5.74) is 0.929. The van der Waals surface area contributed by atoms with Crippen molar-refractivity contribution in [3.8, 4) is 5.88 Å². The van der Waals surface area contributed by atoms with E-state index in [9.17, 15) is 0 Å². The van der Waals surface area contributed by atoms with Gasteiger partial charge in [-0.05, 0) is 40.3 Å². The number of aryl methyl sites for hydroxylation is 1. The number of hydrogen-bond acceptors (Lipinski definition) is 5. The smallest absolute Gasteiger partial charge is 0.226 e. The average Bonchev–Trinajstić information content (AvgIpc) is 2.37. The second-order valence-corrected chi connectivity index (χ2v) is 5.12. The highest BCUT2D eigenvalue weighted by atomic mass is 16.5. The molecule has 1 unspecified atom stereocenters. The molecule has 1 aliphatic heterocycles. The lowest BCUT2D eigenvalue weighted by atomic mass is 10.0. The Labute approximate surface area is 115 Å². The van der Waals surface area contributed by atoms with Gasteiger partial charge in [0.1, 0.15) is 0 Å². The lowest BCUT2D eigenvalue weighted by Crippen LogP contribution is -2.41. The predicted molar refractivity (Wildman–Crippen MR) is 76.7 cm³/mol. The van der Waals surface area contributed by atoms with E-state index >= 15 is 0 Å². The molecule has 0 aromatic carbocycles. The molecule has 0 aliphatic carbocycles. The van der Waals surface area contributed by atoms with Crippen LogP contribution in [0.2, 0.25) is 0 Å². The van der Waals surface area contributed by atoms with Crippen molar-refractivity contribution in [2.45, 2.75) is 39.2 Å². The monoisotopic (exact) mass is 264 g/mol. The van der Waals surface area contributed by atoms with Gasteiger partial charge in [-0.2, -0.15) is 4.98 Å². The average molecular weight is 264 g/mol. The summed E-state index contributed by atoms with van der Waals surface area (Å²) < 4.78 is 5.44. The first-order valence-corrected chi connectivity index (χ1v) is 7.11. The minimum absolute atomic E-state index is 0.577. The SMILES string of the molecule is CCOc1cc(C)nc(NCC2CCCCN2C)n1. The molecule has 5 nitrogen and oxygen atoms in total. The molecule has 2 rings (SSSR count). The molecular weight excluding hydrogens is 240 g/mol. The van der Waals surface area contributed by atoms with Crippen molar-refractivity contribution in [1.82, 2.24) is 14.9 Å². The van der Waals surface area contributed by atoms with E-state index in [1.807, 2.05) is 19.9 Å². The topological polar surface area (TPSA) is 50.3 Å². The molecule has 0 spiro atoms. The Bertz CT molecular complexity index is 410. The van der Waals surface area contributed by atoms with Crippen LogP contribution in [0.3, 0.4) is 0 Å². The van der Waals surface area contributed by atoms with Crippen LogP contribution in [-0.4, -0.2) is 47.7 Å². The fraction of sp³-hybridized carbons (Fsp3) is 0.714. The van der Waals surface area contributed by atoms with E-state index in [2.05, 4.69) is 27.2 Å². The first-order chi connectivity index (χ1) is 9.19. The van der Waals surface area contributed by atoms with Crippen LogP contribution in [0.25, 0.3) is 0 Å². The van der Waals surface area contributed by atoms with E-state index in [4.69, 9.17) is 4.74 Å². The Morgan fingerprint density at radius 1 is 1.42 bits per heavy atom. The molecule has 1 N–H and O–H groups in total. The van der Waals surface area contributed by atoms with Crippen LogP contribution in [0, 0.1) is 6.92 Å². The summed E-state index contributed by atoms with van der Waals surface area (Å²) >= 11 is 0. The zero-order chi connectivity index (χ0) is 13.7. The van der Waals surface area contributed by atoms with E-state index in [-0.39, 0.29) is 0 Å². The van der Waals surface area contributed by atoms with Gasteiger partial charge in [0.05, 0.1) is 6.61 Å². The summed E-state index contributed by atoms with van der Waals surface area (Å²) in [6.07, 6.45) is 3.87. The molecule has 2 heterocycles. The fourth-order valence-corrected chi connectivity index (χ4v) is 2.45. The molecule has 0 saturated carbocycles. The van der Waals surface area contributed by atoms with Crippen molar-refractivity contribution >= 4 is 5.95 Å². The number of anilines is 1. The van der Waals surface area contributed by atoms with Gasteiger partial charge in [-0.3, -0.25) is 0 Å². The molecule has 0 amide bonds. The molecule has 1 aliphatic rings. The molecule has 5 heteroatoms. The summed E-state index contributed by atoms with van der Waals surface area (Å²) in [6, 6.07) is 2.44. The Balaban J connectivity index is 1.94. The zero-order valence-electron chi connectivity index (χ0n) is 12.1. The third kappa shape index (κ3) is 4.06. The highest BCUT2D eigenvalue weighted by Gasteiger charge is 2.18. The summed E-state index contributed by atoms with van der Waals surface area (Å²) in [4.78, 5) is 11.2. The maximum Gasteiger partial charge on any atom is 0.226 e. The van der Waals surface area contributed by atoms with Crippen LogP contribution in [0.4, 0.5) is 5.95 Å². The van der Waals surface area contributed by atoms with Crippen LogP contribution in [-0.2, 0) is 0 Å². The van der Waals surface area contributed by atoms with Crippen molar-refractivity contribution in [3.63, 3.8) is 0 Å². The molecule has 1 aromatic rings. The Kier molecular flexibility index (Phi) is 4.96. The molecule has 1 saturated heterocycles. The number of likely N-dealkylation sites (N-methyl/N-ethyl adjacent to an activating group) is 1. The molecule has 1 atom stereocenters. The first-order valence-electron chi connectivity index (χ1n) is 7.11. The van der Waals surface area contributed by atoms with Gasteiger partial charge < -0.3 is 15.0 Å². The number of likely N-dealkylation sites (tertiary alicyclic amines) is 1. The van der Waals surface area contributed by atoms with Crippen molar-refractivity contribution in [2.24, 2.45) is 0 Å².